The van der Waals surface area contributed by atoms with Gasteiger partial charge in [0.25, 0.3) is 0 Å². The number of nitrogens with two attached hydrogens (primary N) is 1. The summed E-state index contributed by atoms with van der Waals surface area (Å²) in [4.78, 5) is 0.378. The maximum Gasteiger partial charge on any atom is 0.107 e. The predicted molar refractivity (Wildman–Crippen MR) is 96.2 cm³/mol. The average Bonchev–Trinajstić information content (AvgIpc) is 2.39. The van der Waals surface area contributed by atoms with E-state index in [1.165, 1.54) is 5.56 Å². The van der Waals surface area contributed by atoms with Gasteiger partial charge in [0.1, 0.15) is 4.99 Å². The van der Waals surface area contributed by atoms with E-state index < -0.39 is 0 Å². The lowest BCUT2D eigenvalue weighted by molar-refractivity contribution is 0.883. The van der Waals surface area contributed by atoms with Gasteiger partial charge in [-0.1, -0.05) is 46.3 Å². The van der Waals surface area contributed by atoms with Gasteiger partial charge in [-0.3, -0.25) is 0 Å². The van der Waals surface area contributed by atoms with Crippen LogP contribution in [0.2, 0.25) is 0 Å². The predicted octanol–water partition coefficient (Wildman–Crippen LogP) is 5.02. The summed E-state index contributed by atoms with van der Waals surface area (Å²) in [5.41, 5.74) is 8.77. The summed E-state index contributed by atoms with van der Waals surface area (Å²) in [6, 6.07) is 14.3. The molecule has 0 fully saturated rings. The van der Waals surface area contributed by atoms with Gasteiger partial charge >= 0.3 is 0 Å². The maximum atomic E-state index is 5.80. The molecule has 5 heteroatoms. The Hall–Kier alpha value is -0.910. The van der Waals surface area contributed by atoms with Crippen LogP contribution in [0.4, 0.5) is 5.69 Å². The highest BCUT2D eigenvalue weighted by Crippen LogP contribution is 2.28. The molecule has 0 bridgehead atoms. The first kappa shape index (κ1) is 15.5. The molecule has 104 valence electrons. The van der Waals surface area contributed by atoms with E-state index in [0.29, 0.717) is 4.99 Å². The summed E-state index contributed by atoms with van der Waals surface area (Å²) < 4.78 is 1.97. The molecule has 2 rings (SSSR count). The third-order valence-electron chi connectivity index (χ3n) is 3.00. The molecule has 2 nitrogen and oxygen atoms in total. The van der Waals surface area contributed by atoms with Gasteiger partial charge in [0, 0.05) is 26.2 Å². The van der Waals surface area contributed by atoms with Crippen LogP contribution in [0.15, 0.2) is 51.4 Å². The van der Waals surface area contributed by atoms with Crippen LogP contribution in [-0.2, 0) is 0 Å². The minimum Gasteiger partial charge on any atom is -0.389 e. The zero-order chi connectivity index (χ0) is 14.7. The number of rotatable bonds is 4. The van der Waals surface area contributed by atoms with Gasteiger partial charge in [-0.2, -0.15) is 0 Å². The van der Waals surface area contributed by atoms with Crippen LogP contribution in [0.5, 0.6) is 0 Å². The first-order valence-corrected chi connectivity index (χ1v) is 8.09. The number of thiocarbonyl (C=S) groups is 1. The first-order valence-electron chi connectivity index (χ1n) is 6.09. The Balaban J connectivity index is 2.28. The van der Waals surface area contributed by atoms with Crippen molar-refractivity contribution in [1.82, 2.24) is 0 Å². The number of hydrogen-bond acceptors (Lipinski definition) is 2. The summed E-state index contributed by atoms with van der Waals surface area (Å²) in [5, 5.41) is 3.46. The van der Waals surface area contributed by atoms with E-state index in [1.54, 1.807) is 0 Å². The molecule has 2 aromatic rings. The lowest BCUT2D eigenvalue weighted by atomic mass is 10.1. The Labute approximate surface area is 141 Å². The molecule has 0 saturated heterocycles. The minimum absolute atomic E-state index is 0.158. The minimum atomic E-state index is 0.158. The number of benzene rings is 2. The standard InChI is InChI=1S/C15H14Br2N2S/c1-9(10-5-7-11(16)8-6-10)19-13-4-2-3-12(17)14(13)15(18)20/h2-9,19H,1H3,(H2,18,20). The summed E-state index contributed by atoms with van der Waals surface area (Å²) in [6.07, 6.45) is 0. The molecule has 1 unspecified atom stereocenters. The fourth-order valence-electron chi connectivity index (χ4n) is 1.96. The Morgan fingerprint density at radius 3 is 2.40 bits per heavy atom. The van der Waals surface area contributed by atoms with E-state index in [1.807, 2.05) is 30.3 Å². The van der Waals surface area contributed by atoms with Crippen LogP contribution in [-0.4, -0.2) is 4.99 Å². The molecule has 0 radical (unpaired) electrons. The zero-order valence-corrected chi connectivity index (χ0v) is 14.8. The van der Waals surface area contributed by atoms with Crippen LogP contribution >= 0.6 is 44.1 Å². The second kappa shape index (κ2) is 6.70. The summed E-state index contributed by atoms with van der Waals surface area (Å²) in [5.74, 6) is 0. The molecular weight excluding hydrogens is 400 g/mol. The molecule has 0 aliphatic rings. The highest BCUT2D eigenvalue weighted by molar-refractivity contribution is 9.10. The molecule has 0 aliphatic carbocycles. The van der Waals surface area contributed by atoms with Crippen LogP contribution in [0, 0.1) is 0 Å². The van der Waals surface area contributed by atoms with Gasteiger partial charge in [0.2, 0.25) is 0 Å². The number of nitrogens with one attached hydrogen (secondary N) is 1. The molecule has 0 saturated carbocycles. The Morgan fingerprint density at radius 1 is 1.15 bits per heavy atom. The van der Waals surface area contributed by atoms with Crippen molar-refractivity contribution in [3.05, 3.63) is 62.5 Å². The lowest BCUT2D eigenvalue weighted by Crippen LogP contribution is -2.15. The zero-order valence-electron chi connectivity index (χ0n) is 10.9. The molecule has 0 spiro atoms. The van der Waals surface area contributed by atoms with Crippen LogP contribution in [0.1, 0.15) is 24.1 Å². The molecule has 1 atom stereocenters. The highest BCUT2D eigenvalue weighted by atomic mass is 79.9. The number of anilines is 1. The van der Waals surface area contributed by atoms with Crippen molar-refractivity contribution in [2.45, 2.75) is 13.0 Å². The smallest absolute Gasteiger partial charge is 0.107 e. The number of halogens is 2. The van der Waals surface area contributed by atoms with Gasteiger partial charge in [-0.25, -0.2) is 0 Å². The Bertz CT molecular complexity index is 626. The Kier molecular flexibility index (Phi) is 5.18. The summed E-state index contributed by atoms with van der Waals surface area (Å²) >= 11 is 12.1. The first-order chi connectivity index (χ1) is 9.49. The molecular formula is C15H14Br2N2S. The largest absolute Gasteiger partial charge is 0.389 e. The molecule has 0 aliphatic heterocycles. The van der Waals surface area contributed by atoms with Crippen molar-refractivity contribution in [2.24, 2.45) is 5.73 Å². The van der Waals surface area contributed by atoms with Crippen molar-refractivity contribution >= 4 is 54.8 Å². The highest BCUT2D eigenvalue weighted by Gasteiger charge is 2.12. The summed E-state index contributed by atoms with van der Waals surface area (Å²) in [6.45, 7) is 2.10. The van der Waals surface area contributed by atoms with E-state index >= 15 is 0 Å². The maximum absolute atomic E-state index is 5.80. The second-order valence-electron chi connectivity index (χ2n) is 4.44. The van der Waals surface area contributed by atoms with Gasteiger partial charge in [0.05, 0.1) is 0 Å². The number of hydrogen-bond donors (Lipinski definition) is 2. The summed E-state index contributed by atoms with van der Waals surface area (Å²) in [7, 11) is 0. The fourth-order valence-corrected chi connectivity index (χ4v) is 3.16. The van der Waals surface area contributed by atoms with E-state index in [0.717, 1.165) is 20.2 Å². The van der Waals surface area contributed by atoms with Crippen molar-refractivity contribution in [1.29, 1.82) is 0 Å². The van der Waals surface area contributed by atoms with Crippen LogP contribution in [0.25, 0.3) is 0 Å². The third kappa shape index (κ3) is 3.59. The van der Waals surface area contributed by atoms with Crippen molar-refractivity contribution in [3.63, 3.8) is 0 Å². The van der Waals surface area contributed by atoms with Crippen molar-refractivity contribution < 1.29 is 0 Å². The monoisotopic (exact) mass is 412 g/mol. The normalized spacial score (nSPS) is 11.9. The lowest BCUT2D eigenvalue weighted by Gasteiger charge is -2.19. The molecule has 2 aromatic carbocycles. The van der Waals surface area contributed by atoms with E-state index in [4.69, 9.17) is 18.0 Å². The molecule has 0 heterocycles. The molecule has 3 N–H and O–H groups in total. The Morgan fingerprint density at radius 2 is 1.80 bits per heavy atom. The molecule has 20 heavy (non-hydrogen) atoms. The van der Waals surface area contributed by atoms with Gasteiger partial charge in [-0.05, 0) is 52.7 Å². The topological polar surface area (TPSA) is 38.0 Å². The molecule has 0 amide bonds. The van der Waals surface area contributed by atoms with E-state index in [-0.39, 0.29) is 6.04 Å². The van der Waals surface area contributed by atoms with Gasteiger partial charge in [-0.15, -0.1) is 0 Å². The van der Waals surface area contributed by atoms with Crippen LogP contribution in [0.3, 0.4) is 0 Å². The molecule has 0 aromatic heterocycles. The van der Waals surface area contributed by atoms with Crippen molar-refractivity contribution in [3.8, 4) is 0 Å². The van der Waals surface area contributed by atoms with Gasteiger partial charge in [0.15, 0.2) is 0 Å². The SMILES string of the molecule is CC(Nc1cccc(Br)c1C(N)=S)c1ccc(Br)cc1. The fraction of sp³-hybridized carbons (Fsp3) is 0.133. The van der Waals surface area contributed by atoms with Crippen LogP contribution < -0.4 is 11.1 Å². The van der Waals surface area contributed by atoms with E-state index in [9.17, 15) is 0 Å². The third-order valence-corrected chi connectivity index (χ3v) is 4.40. The van der Waals surface area contributed by atoms with Gasteiger partial charge < -0.3 is 11.1 Å². The second-order valence-corrected chi connectivity index (χ2v) is 6.65. The van der Waals surface area contributed by atoms with Crippen molar-refractivity contribution in [2.75, 3.05) is 5.32 Å². The quantitative estimate of drug-likeness (QED) is 0.691. The average molecular weight is 414 g/mol. The van der Waals surface area contributed by atoms with E-state index in [2.05, 4.69) is 56.2 Å².